The van der Waals surface area contributed by atoms with Crippen molar-refractivity contribution in [2.24, 2.45) is 7.05 Å². The quantitative estimate of drug-likeness (QED) is 0.361. The lowest BCUT2D eigenvalue weighted by Crippen LogP contribution is -2.59. The molecule has 10 heteroatoms. The number of aryl methyl sites for hydroxylation is 1. The van der Waals surface area contributed by atoms with Gasteiger partial charge in [0.15, 0.2) is 0 Å². The second kappa shape index (κ2) is 9.85. The van der Waals surface area contributed by atoms with E-state index in [1.807, 2.05) is 16.6 Å². The van der Waals surface area contributed by atoms with Crippen LogP contribution in [0.3, 0.4) is 0 Å². The maximum Gasteiger partial charge on any atom is 0.255 e. The van der Waals surface area contributed by atoms with Crippen LogP contribution in [0.1, 0.15) is 51.0 Å². The molecule has 0 aromatic carbocycles. The number of thiophene rings is 1. The Balaban J connectivity index is 1.50. The molecule has 188 valence electrons. The maximum atomic E-state index is 12.9. The summed E-state index contributed by atoms with van der Waals surface area (Å²) in [6.07, 6.45) is 2.11. The highest BCUT2D eigenvalue weighted by Gasteiger charge is 2.36. The SMILES string of the molecule is CC[C@H]1CN([C@@H](C)c2ccc3sc(Cl)cc3n2)[C@H](CC)CN1c1cc(=O)n(C)c2cc(CC#N)nn12. The van der Waals surface area contributed by atoms with E-state index in [9.17, 15) is 10.1 Å². The van der Waals surface area contributed by atoms with Gasteiger partial charge in [0.1, 0.15) is 11.5 Å². The lowest BCUT2D eigenvalue weighted by molar-refractivity contribution is 0.0986. The van der Waals surface area contributed by atoms with Gasteiger partial charge in [-0.3, -0.25) is 19.2 Å². The summed E-state index contributed by atoms with van der Waals surface area (Å²) in [5, 5.41) is 13.9. The minimum Gasteiger partial charge on any atom is -0.351 e. The van der Waals surface area contributed by atoms with Crippen LogP contribution in [0.25, 0.3) is 15.9 Å². The topological polar surface area (TPSA) is 82.5 Å². The third kappa shape index (κ3) is 4.27. The average molecular weight is 524 g/mol. The van der Waals surface area contributed by atoms with Crippen molar-refractivity contribution >= 4 is 44.6 Å². The predicted molar refractivity (Wildman–Crippen MR) is 145 cm³/mol. The van der Waals surface area contributed by atoms with E-state index in [1.165, 1.54) is 0 Å². The lowest BCUT2D eigenvalue weighted by atomic mass is 9.99. The van der Waals surface area contributed by atoms with Gasteiger partial charge in [0.2, 0.25) is 0 Å². The standard InChI is InChI=1S/C26H30ClN7OS/c1-5-18-15-33(25-13-26(35)31(4)24-11-17(9-10-28)30-34(24)25)19(6-2)14-32(18)16(3)20-7-8-22-21(29-20)12-23(27)36-22/h7-8,11-13,16,18-19H,5-6,9,14-15H2,1-4H3/t16-,18+,19-/m0/s1. The van der Waals surface area contributed by atoms with Crippen LogP contribution in [-0.4, -0.2) is 49.2 Å². The third-order valence-corrected chi connectivity index (χ3v) is 8.63. The Kier molecular flexibility index (Phi) is 6.77. The van der Waals surface area contributed by atoms with Crippen LogP contribution in [-0.2, 0) is 13.5 Å². The van der Waals surface area contributed by atoms with Gasteiger partial charge < -0.3 is 4.90 Å². The molecule has 4 aromatic rings. The summed E-state index contributed by atoms with van der Waals surface area (Å²) in [5.41, 5.74) is 3.28. The van der Waals surface area contributed by atoms with Crippen molar-refractivity contribution < 1.29 is 0 Å². The minimum atomic E-state index is -0.0773. The molecular formula is C26H30ClN7OS. The summed E-state index contributed by atoms with van der Waals surface area (Å²) in [6.45, 7) is 8.26. The number of aromatic nitrogens is 4. The lowest BCUT2D eigenvalue weighted by Gasteiger charge is -2.49. The largest absolute Gasteiger partial charge is 0.351 e. The van der Waals surface area contributed by atoms with Gasteiger partial charge in [0.25, 0.3) is 5.56 Å². The fourth-order valence-corrected chi connectivity index (χ4v) is 6.41. The van der Waals surface area contributed by atoms with Crippen molar-refractivity contribution in [3.8, 4) is 6.07 Å². The Labute approximate surface area is 219 Å². The molecule has 0 bridgehead atoms. The molecule has 0 radical (unpaired) electrons. The molecule has 0 aliphatic carbocycles. The summed E-state index contributed by atoms with van der Waals surface area (Å²) in [5.74, 6) is 0.794. The summed E-state index contributed by atoms with van der Waals surface area (Å²) >= 11 is 7.77. The zero-order valence-electron chi connectivity index (χ0n) is 21.0. The first kappa shape index (κ1) is 24.8. The number of rotatable bonds is 6. The number of hydrogen-bond acceptors (Lipinski definition) is 7. The van der Waals surface area contributed by atoms with Gasteiger partial charge >= 0.3 is 0 Å². The Morgan fingerprint density at radius 1 is 1.19 bits per heavy atom. The van der Waals surface area contributed by atoms with E-state index in [2.05, 4.69) is 48.8 Å². The average Bonchev–Trinajstić information content (AvgIpc) is 3.47. The number of fused-ring (bicyclic) bond motifs is 2. The van der Waals surface area contributed by atoms with Crippen LogP contribution < -0.4 is 10.5 Å². The molecule has 1 saturated heterocycles. The first-order valence-electron chi connectivity index (χ1n) is 12.4. The Bertz CT molecular complexity index is 1520. The van der Waals surface area contributed by atoms with Crippen molar-refractivity contribution in [1.29, 1.82) is 5.26 Å². The molecular weight excluding hydrogens is 494 g/mol. The van der Waals surface area contributed by atoms with Crippen LogP contribution in [0.4, 0.5) is 5.82 Å². The van der Waals surface area contributed by atoms with E-state index in [1.54, 1.807) is 29.0 Å². The van der Waals surface area contributed by atoms with Crippen molar-refractivity contribution in [3.05, 3.63) is 56.4 Å². The van der Waals surface area contributed by atoms with Crippen LogP contribution in [0.15, 0.2) is 35.1 Å². The maximum absolute atomic E-state index is 12.9. The summed E-state index contributed by atoms with van der Waals surface area (Å²) in [4.78, 5) is 22.7. The van der Waals surface area contributed by atoms with Gasteiger partial charge in [-0.15, -0.1) is 11.3 Å². The number of nitriles is 1. The predicted octanol–water partition coefficient (Wildman–Crippen LogP) is 4.80. The van der Waals surface area contributed by atoms with Gasteiger partial charge in [-0.25, -0.2) is 4.52 Å². The number of anilines is 1. The smallest absolute Gasteiger partial charge is 0.255 e. The molecule has 1 fully saturated rings. The van der Waals surface area contributed by atoms with Crippen molar-refractivity contribution in [3.63, 3.8) is 0 Å². The normalized spacial score (nSPS) is 19.7. The molecule has 3 atom stereocenters. The van der Waals surface area contributed by atoms with Gasteiger partial charge in [-0.1, -0.05) is 25.4 Å². The molecule has 1 aliphatic rings. The first-order chi connectivity index (χ1) is 17.3. The van der Waals surface area contributed by atoms with Gasteiger partial charge in [0, 0.05) is 50.4 Å². The van der Waals surface area contributed by atoms with Crippen molar-refractivity contribution in [1.82, 2.24) is 24.1 Å². The summed E-state index contributed by atoms with van der Waals surface area (Å²) < 4.78 is 5.28. The molecule has 0 spiro atoms. The number of piperazine rings is 1. The summed E-state index contributed by atoms with van der Waals surface area (Å²) in [7, 11) is 1.75. The van der Waals surface area contributed by atoms with Crippen LogP contribution in [0.5, 0.6) is 0 Å². The van der Waals surface area contributed by atoms with E-state index >= 15 is 0 Å². The highest BCUT2D eigenvalue weighted by Crippen LogP contribution is 2.34. The number of halogens is 1. The molecule has 4 aromatic heterocycles. The minimum absolute atomic E-state index is 0.0773. The highest BCUT2D eigenvalue weighted by molar-refractivity contribution is 7.22. The van der Waals surface area contributed by atoms with Crippen molar-refractivity contribution in [2.45, 2.75) is 58.2 Å². The van der Waals surface area contributed by atoms with Gasteiger partial charge in [-0.2, -0.15) is 10.4 Å². The third-order valence-electron chi connectivity index (χ3n) is 7.41. The molecule has 36 heavy (non-hydrogen) atoms. The highest BCUT2D eigenvalue weighted by atomic mass is 35.5. The molecule has 0 unspecified atom stereocenters. The van der Waals surface area contributed by atoms with E-state index in [-0.39, 0.29) is 30.1 Å². The fourth-order valence-electron chi connectivity index (χ4n) is 5.33. The Morgan fingerprint density at radius 2 is 1.97 bits per heavy atom. The molecule has 0 amide bonds. The van der Waals surface area contributed by atoms with E-state index in [0.29, 0.717) is 11.3 Å². The van der Waals surface area contributed by atoms with Gasteiger partial charge in [-0.05, 0) is 38.0 Å². The van der Waals surface area contributed by atoms with Gasteiger partial charge in [0.05, 0.1) is 38.4 Å². The fraction of sp³-hybridized carbons (Fsp3) is 0.462. The second-order valence-corrected chi connectivity index (χ2v) is 11.2. The molecule has 0 saturated carbocycles. The van der Waals surface area contributed by atoms with Crippen LogP contribution in [0.2, 0.25) is 4.34 Å². The zero-order chi connectivity index (χ0) is 25.6. The van der Waals surface area contributed by atoms with Crippen LogP contribution >= 0.6 is 22.9 Å². The van der Waals surface area contributed by atoms with Crippen LogP contribution in [0, 0.1) is 11.3 Å². The molecule has 5 rings (SSSR count). The molecule has 5 heterocycles. The van der Waals surface area contributed by atoms with E-state index in [0.717, 1.165) is 52.0 Å². The number of nitrogens with zero attached hydrogens (tertiary/aromatic N) is 7. The molecule has 1 aliphatic heterocycles. The summed E-state index contributed by atoms with van der Waals surface area (Å²) in [6, 6.07) is 12.5. The van der Waals surface area contributed by atoms with E-state index in [4.69, 9.17) is 21.7 Å². The molecule has 8 nitrogen and oxygen atoms in total. The second-order valence-electron chi connectivity index (χ2n) is 9.46. The number of hydrogen-bond donors (Lipinski definition) is 0. The Morgan fingerprint density at radius 3 is 2.69 bits per heavy atom. The van der Waals surface area contributed by atoms with E-state index < -0.39 is 0 Å². The molecule has 0 N–H and O–H groups in total. The van der Waals surface area contributed by atoms with Crippen molar-refractivity contribution in [2.75, 3.05) is 18.0 Å². The number of pyridine rings is 1. The Hall–Kier alpha value is -2.93. The monoisotopic (exact) mass is 523 g/mol. The first-order valence-corrected chi connectivity index (χ1v) is 13.6. The zero-order valence-corrected chi connectivity index (χ0v) is 22.6.